The van der Waals surface area contributed by atoms with Crippen molar-refractivity contribution in [2.45, 2.75) is 44.6 Å². The van der Waals surface area contributed by atoms with Gasteiger partial charge >= 0.3 is 12.0 Å². The normalized spacial score (nSPS) is 18.0. The number of carboxylic acid groups (broad SMARTS) is 1. The number of carbonyl (C=O) groups is 2. The van der Waals surface area contributed by atoms with Crippen LogP contribution in [0.5, 0.6) is 0 Å². The highest BCUT2D eigenvalue weighted by atomic mass is 32.2. The summed E-state index contributed by atoms with van der Waals surface area (Å²) >= 11 is 0. The molecule has 1 aliphatic rings. The van der Waals surface area contributed by atoms with Crippen LogP contribution >= 0.6 is 0 Å². The number of aliphatic carboxylic acids is 1. The number of hydrogen-bond acceptors (Lipinski definition) is 4. The van der Waals surface area contributed by atoms with Gasteiger partial charge in [0, 0.05) is 13.1 Å². The average Bonchev–Trinajstić information content (AvgIpc) is 2.39. The van der Waals surface area contributed by atoms with Crippen LogP contribution in [0, 0.1) is 0 Å². The quantitative estimate of drug-likeness (QED) is 0.526. The molecule has 0 saturated heterocycles. The Morgan fingerprint density at radius 1 is 1.19 bits per heavy atom. The van der Waals surface area contributed by atoms with Crippen LogP contribution < -0.4 is 15.4 Å². The van der Waals surface area contributed by atoms with Crippen LogP contribution in [0.25, 0.3) is 0 Å². The number of amides is 2. The summed E-state index contributed by atoms with van der Waals surface area (Å²) < 4.78 is 25.1. The predicted octanol–water partition coefficient (Wildman–Crippen LogP) is 0.0124. The summed E-state index contributed by atoms with van der Waals surface area (Å²) in [5.41, 5.74) is -1.23. The first-order chi connectivity index (χ1) is 9.81. The average molecular weight is 321 g/mol. The van der Waals surface area contributed by atoms with Gasteiger partial charge in [-0.3, -0.25) is 0 Å². The van der Waals surface area contributed by atoms with E-state index in [0.29, 0.717) is 12.8 Å². The molecular weight excluding hydrogens is 298 g/mol. The first kappa shape index (κ1) is 17.7. The monoisotopic (exact) mass is 321 g/mol. The van der Waals surface area contributed by atoms with Crippen LogP contribution in [0.2, 0.25) is 0 Å². The molecule has 0 aromatic heterocycles. The second-order valence-corrected chi connectivity index (χ2v) is 7.07. The predicted molar refractivity (Wildman–Crippen MR) is 77.4 cm³/mol. The van der Waals surface area contributed by atoms with E-state index in [9.17, 15) is 23.1 Å². The largest absolute Gasteiger partial charge is 0.480 e. The van der Waals surface area contributed by atoms with Crippen LogP contribution in [0.15, 0.2) is 0 Å². The van der Waals surface area contributed by atoms with Gasteiger partial charge in [0.25, 0.3) is 0 Å². The van der Waals surface area contributed by atoms with Crippen molar-refractivity contribution in [1.29, 1.82) is 0 Å². The van der Waals surface area contributed by atoms with Gasteiger partial charge in [0.15, 0.2) is 0 Å². The van der Waals surface area contributed by atoms with Crippen molar-refractivity contribution < 1.29 is 23.1 Å². The molecule has 21 heavy (non-hydrogen) atoms. The molecule has 1 aliphatic carbocycles. The Morgan fingerprint density at radius 3 is 2.33 bits per heavy atom. The number of sulfonamides is 1. The van der Waals surface area contributed by atoms with E-state index < -0.39 is 27.6 Å². The van der Waals surface area contributed by atoms with Gasteiger partial charge in [-0.05, 0) is 12.8 Å². The molecule has 0 aromatic carbocycles. The molecule has 8 nitrogen and oxygen atoms in total. The summed E-state index contributed by atoms with van der Waals surface area (Å²) in [6, 6.07) is -0.647. The molecule has 0 aromatic rings. The molecule has 1 rings (SSSR count). The lowest BCUT2D eigenvalue weighted by molar-refractivity contribution is -0.145. The zero-order chi connectivity index (χ0) is 15.9. The lowest BCUT2D eigenvalue weighted by Crippen LogP contribution is -2.58. The molecule has 0 unspecified atom stereocenters. The summed E-state index contributed by atoms with van der Waals surface area (Å²) in [5, 5.41) is 14.2. The number of hydrogen-bond donors (Lipinski definition) is 4. The highest BCUT2D eigenvalue weighted by molar-refractivity contribution is 7.89. The van der Waals surface area contributed by atoms with E-state index in [1.165, 1.54) is 0 Å². The molecule has 0 radical (unpaired) electrons. The minimum Gasteiger partial charge on any atom is -0.480 e. The molecule has 0 aliphatic heterocycles. The Hall–Kier alpha value is -1.35. The van der Waals surface area contributed by atoms with E-state index in [2.05, 4.69) is 15.4 Å². The summed E-state index contributed by atoms with van der Waals surface area (Å²) in [4.78, 5) is 23.1. The van der Waals surface area contributed by atoms with E-state index >= 15 is 0 Å². The molecule has 4 N–H and O–H groups in total. The Morgan fingerprint density at radius 2 is 1.81 bits per heavy atom. The van der Waals surface area contributed by atoms with Gasteiger partial charge in [0.05, 0.1) is 5.75 Å². The Kier molecular flexibility index (Phi) is 6.41. The number of carboxylic acids is 1. The van der Waals surface area contributed by atoms with Crippen molar-refractivity contribution in [2.24, 2.45) is 0 Å². The fourth-order valence-corrected chi connectivity index (χ4v) is 3.36. The first-order valence-electron chi connectivity index (χ1n) is 7.08. The molecule has 1 fully saturated rings. The number of nitrogens with one attached hydrogen (secondary N) is 3. The van der Waals surface area contributed by atoms with Crippen molar-refractivity contribution in [3.8, 4) is 0 Å². The lowest BCUT2D eigenvalue weighted by atomic mass is 9.82. The third-order valence-corrected chi connectivity index (χ3v) is 4.96. The Balaban J connectivity index is 2.47. The summed E-state index contributed by atoms with van der Waals surface area (Å²) in [5.74, 6) is -1.29. The smallest absolute Gasteiger partial charge is 0.329 e. The van der Waals surface area contributed by atoms with Gasteiger partial charge in [-0.2, -0.15) is 0 Å². The molecule has 0 atom stereocenters. The van der Waals surface area contributed by atoms with Gasteiger partial charge in [-0.1, -0.05) is 26.2 Å². The fraction of sp³-hybridized carbons (Fsp3) is 0.833. The SMILES string of the molecule is CCNS(=O)(=O)CCNC(=O)NC1(C(=O)O)CCCCC1. The highest BCUT2D eigenvalue weighted by Crippen LogP contribution is 2.28. The van der Waals surface area contributed by atoms with Crippen LogP contribution in [0.1, 0.15) is 39.0 Å². The van der Waals surface area contributed by atoms with Crippen LogP contribution in [0.3, 0.4) is 0 Å². The molecule has 0 spiro atoms. The maximum Gasteiger partial charge on any atom is 0.329 e. The third-order valence-electron chi connectivity index (χ3n) is 3.49. The number of urea groups is 1. The summed E-state index contributed by atoms with van der Waals surface area (Å²) in [6.07, 6.45) is 3.25. The Bertz CT molecular complexity index is 471. The highest BCUT2D eigenvalue weighted by Gasteiger charge is 2.40. The van der Waals surface area contributed by atoms with Crippen molar-refractivity contribution in [1.82, 2.24) is 15.4 Å². The molecule has 0 bridgehead atoms. The molecule has 122 valence electrons. The second-order valence-electron chi connectivity index (χ2n) is 5.15. The fourth-order valence-electron chi connectivity index (χ4n) is 2.40. The minimum absolute atomic E-state index is 0.0726. The van der Waals surface area contributed by atoms with Gasteiger partial charge in [-0.25, -0.2) is 22.7 Å². The molecule has 2 amide bonds. The van der Waals surface area contributed by atoms with E-state index in [0.717, 1.165) is 19.3 Å². The van der Waals surface area contributed by atoms with E-state index in [-0.39, 0.29) is 18.8 Å². The molecule has 0 heterocycles. The van der Waals surface area contributed by atoms with Gasteiger partial charge < -0.3 is 15.7 Å². The third kappa shape index (κ3) is 5.50. The standard InChI is InChI=1S/C12H23N3O5S/c1-2-14-21(19,20)9-8-13-11(18)15-12(10(16)17)6-4-3-5-7-12/h14H,2-9H2,1H3,(H,16,17)(H2,13,15,18). The first-order valence-corrected chi connectivity index (χ1v) is 8.73. The number of carbonyl (C=O) groups excluding carboxylic acids is 1. The zero-order valence-corrected chi connectivity index (χ0v) is 13.0. The number of rotatable bonds is 7. The van der Waals surface area contributed by atoms with Crippen LogP contribution in [0.4, 0.5) is 4.79 Å². The van der Waals surface area contributed by atoms with E-state index in [1.54, 1.807) is 6.92 Å². The van der Waals surface area contributed by atoms with Crippen LogP contribution in [-0.2, 0) is 14.8 Å². The summed E-state index contributed by atoms with van der Waals surface area (Å²) in [6.45, 7) is 1.88. The van der Waals surface area contributed by atoms with Crippen molar-refractivity contribution in [3.63, 3.8) is 0 Å². The van der Waals surface area contributed by atoms with E-state index in [4.69, 9.17) is 0 Å². The minimum atomic E-state index is -3.40. The molecule has 1 saturated carbocycles. The van der Waals surface area contributed by atoms with E-state index in [1.807, 2.05) is 0 Å². The molecule has 9 heteroatoms. The van der Waals surface area contributed by atoms with Gasteiger partial charge in [0.2, 0.25) is 10.0 Å². The summed E-state index contributed by atoms with van der Waals surface area (Å²) in [7, 11) is -3.40. The second kappa shape index (κ2) is 7.60. The maximum atomic E-state index is 11.8. The topological polar surface area (TPSA) is 125 Å². The maximum absolute atomic E-state index is 11.8. The van der Waals surface area contributed by atoms with Crippen molar-refractivity contribution >= 4 is 22.0 Å². The lowest BCUT2D eigenvalue weighted by Gasteiger charge is -2.33. The molecular formula is C12H23N3O5S. The van der Waals surface area contributed by atoms with Crippen molar-refractivity contribution in [3.05, 3.63) is 0 Å². The van der Waals surface area contributed by atoms with Gasteiger partial charge in [-0.15, -0.1) is 0 Å². The van der Waals surface area contributed by atoms with Crippen molar-refractivity contribution in [2.75, 3.05) is 18.8 Å². The van der Waals surface area contributed by atoms with Gasteiger partial charge in [0.1, 0.15) is 5.54 Å². The van der Waals surface area contributed by atoms with Crippen LogP contribution in [-0.4, -0.2) is 49.9 Å². The zero-order valence-electron chi connectivity index (χ0n) is 12.1. The Labute approximate surface area is 124 Å².